The highest BCUT2D eigenvalue weighted by Crippen LogP contribution is 2.47. The summed E-state index contributed by atoms with van der Waals surface area (Å²) in [5, 5.41) is 0. The zero-order chi connectivity index (χ0) is 25.8. The Morgan fingerprint density at radius 3 is 2.00 bits per heavy atom. The van der Waals surface area contributed by atoms with Gasteiger partial charge in [-0.1, -0.05) is 72.8 Å². The smallest absolute Gasteiger partial charge is 0.359 e. The molecule has 0 spiro atoms. The first-order valence-corrected chi connectivity index (χ1v) is 12.6. The lowest BCUT2D eigenvalue weighted by atomic mass is 9.88. The minimum absolute atomic E-state index is 0.0566. The first-order chi connectivity index (χ1) is 17.2. The van der Waals surface area contributed by atoms with Gasteiger partial charge in [0.2, 0.25) is 15.6 Å². The van der Waals surface area contributed by atoms with Crippen molar-refractivity contribution < 1.29 is 26.3 Å². The van der Waals surface area contributed by atoms with Gasteiger partial charge in [0.25, 0.3) is 0 Å². The number of benzene rings is 3. The Bertz CT molecular complexity index is 1390. The van der Waals surface area contributed by atoms with Gasteiger partial charge in [0.15, 0.2) is 0 Å². The van der Waals surface area contributed by atoms with Crippen molar-refractivity contribution in [3.63, 3.8) is 0 Å². The summed E-state index contributed by atoms with van der Waals surface area (Å²) < 4.78 is 78.3. The van der Waals surface area contributed by atoms with Crippen molar-refractivity contribution in [3.8, 4) is 0 Å². The van der Waals surface area contributed by atoms with Crippen LogP contribution in [0.3, 0.4) is 0 Å². The van der Waals surface area contributed by atoms with Crippen molar-refractivity contribution in [1.29, 1.82) is 0 Å². The minimum Gasteiger partial charge on any atom is -0.359 e. The van der Waals surface area contributed by atoms with Gasteiger partial charge in [-0.25, -0.2) is 13.1 Å². The SMILES string of the molecule is COC(c1ccc(CNS(=O)(=O)c2ccccc2)cc1)(c1cccn1Cc1ccccc1)C(F)(F)F. The van der Waals surface area contributed by atoms with Crippen LogP contribution in [0.15, 0.2) is 108 Å². The fourth-order valence-corrected chi connectivity index (χ4v) is 5.20. The topological polar surface area (TPSA) is 60.3 Å². The summed E-state index contributed by atoms with van der Waals surface area (Å²) in [7, 11) is -2.72. The highest BCUT2D eigenvalue weighted by atomic mass is 32.2. The fourth-order valence-electron chi connectivity index (χ4n) is 4.17. The number of hydrogen-bond donors (Lipinski definition) is 1. The Kier molecular flexibility index (Phi) is 7.35. The van der Waals surface area contributed by atoms with Crippen LogP contribution in [0.25, 0.3) is 0 Å². The van der Waals surface area contributed by atoms with Crippen molar-refractivity contribution >= 4 is 10.0 Å². The maximum atomic E-state index is 14.7. The number of halogens is 3. The molecule has 5 nitrogen and oxygen atoms in total. The minimum atomic E-state index is -4.77. The van der Waals surface area contributed by atoms with E-state index in [-0.39, 0.29) is 29.2 Å². The molecule has 1 aromatic heterocycles. The lowest BCUT2D eigenvalue weighted by Gasteiger charge is -2.36. The quantitative estimate of drug-likeness (QED) is 0.322. The Morgan fingerprint density at radius 1 is 0.806 bits per heavy atom. The van der Waals surface area contributed by atoms with Crippen LogP contribution in [-0.2, 0) is 33.5 Å². The number of alkyl halides is 3. The average molecular weight is 515 g/mol. The van der Waals surface area contributed by atoms with Crippen molar-refractivity contribution in [2.24, 2.45) is 0 Å². The molecule has 1 atom stereocenters. The molecule has 3 aromatic carbocycles. The molecule has 1 N–H and O–H groups in total. The van der Waals surface area contributed by atoms with E-state index in [9.17, 15) is 21.6 Å². The van der Waals surface area contributed by atoms with Gasteiger partial charge in [0, 0.05) is 26.4 Å². The normalized spacial score (nSPS) is 13.9. The number of aromatic nitrogens is 1. The Hall–Kier alpha value is -3.40. The molecular formula is C27H25F3N2O3S. The molecule has 0 aliphatic heterocycles. The van der Waals surface area contributed by atoms with E-state index in [1.54, 1.807) is 30.5 Å². The molecule has 188 valence electrons. The van der Waals surface area contributed by atoms with Crippen LogP contribution in [0.1, 0.15) is 22.4 Å². The summed E-state index contributed by atoms with van der Waals surface area (Å²) in [6.07, 6.45) is -3.18. The number of ether oxygens (including phenoxy) is 1. The third-order valence-corrected chi connectivity index (χ3v) is 7.39. The molecule has 0 fully saturated rings. The summed E-state index contributed by atoms with van der Waals surface area (Å²) in [5.41, 5.74) is -1.53. The Balaban J connectivity index is 1.64. The van der Waals surface area contributed by atoms with Crippen LogP contribution < -0.4 is 4.72 Å². The average Bonchev–Trinajstić information content (AvgIpc) is 3.33. The Morgan fingerprint density at radius 2 is 1.42 bits per heavy atom. The van der Waals surface area contributed by atoms with E-state index in [1.165, 1.54) is 47.0 Å². The molecule has 1 unspecified atom stereocenters. The number of nitrogens with one attached hydrogen (secondary N) is 1. The highest BCUT2D eigenvalue weighted by molar-refractivity contribution is 7.89. The molecule has 36 heavy (non-hydrogen) atoms. The summed E-state index contributed by atoms with van der Waals surface area (Å²) >= 11 is 0. The second kappa shape index (κ2) is 10.3. The lowest BCUT2D eigenvalue weighted by molar-refractivity contribution is -0.260. The van der Waals surface area contributed by atoms with Crippen LogP contribution in [0.2, 0.25) is 0 Å². The standard InChI is InChI=1S/C27H25F3N2O3S/c1-35-26(27(28,29)30,25-13-8-18-32(25)20-22-9-4-2-5-10-22)23-16-14-21(15-17-23)19-31-36(33,34)24-11-6-3-7-12-24/h2-18,31H,19-20H2,1H3. The summed E-state index contributed by atoms with van der Waals surface area (Å²) in [5.74, 6) is 0. The van der Waals surface area contributed by atoms with Gasteiger partial charge in [-0.3, -0.25) is 0 Å². The van der Waals surface area contributed by atoms with Crippen LogP contribution in [-0.4, -0.2) is 26.3 Å². The maximum absolute atomic E-state index is 14.7. The van der Waals surface area contributed by atoms with Crippen LogP contribution in [0.4, 0.5) is 13.2 Å². The van der Waals surface area contributed by atoms with Gasteiger partial charge in [-0.05, 0) is 41.0 Å². The number of sulfonamides is 1. The second-order valence-electron chi connectivity index (χ2n) is 8.22. The van der Waals surface area contributed by atoms with E-state index >= 15 is 0 Å². The summed E-state index contributed by atoms with van der Waals surface area (Å²) in [4.78, 5) is 0.108. The largest absolute Gasteiger partial charge is 0.427 e. The first-order valence-electron chi connectivity index (χ1n) is 11.1. The number of hydrogen-bond acceptors (Lipinski definition) is 3. The fraction of sp³-hybridized carbons (Fsp3) is 0.185. The maximum Gasteiger partial charge on any atom is 0.427 e. The second-order valence-corrected chi connectivity index (χ2v) is 9.99. The van der Waals surface area contributed by atoms with E-state index in [0.29, 0.717) is 5.56 Å². The first kappa shape index (κ1) is 25.7. The molecule has 4 rings (SSSR count). The molecule has 0 bridgehead atoms. The molecule has 0 amide bonds. The molecular weight excluding hydrogens is 489 g/mol. The predicted molar refractivity (Wildman–Crippen MR) is 131 cm³/mol. The molecule has 0 aliphatic rings. The van der Waals surface area contributed by atoms with E-state index < -0.39 is 21.8 Å². The highest BCUT2D eigenvalue weighted by Gasteiger charge is 2.59. The summed E-state index contributed by atoms with van der Waals surface area (Å²) in [6.45, 7) is 0.164. The molecule has 0 aliphatic carbocycles. The van der Waals surface area contributed by atoms with Crippen molar-refractivity contribution in [3.05, 3.63) is 126 Å². The van der Waals surface area contributed by atoms with Crippen LogP contribution in [0, 0.1) is 0 Å². The van der Waals surface area contributed by atoms with Gasteiger partial charge in [0.05, 0.1) is 10.6 Å². The summed E-state index contributed by atoms with van der Waals surface area (Å²) in [6, 6.07) is 25.6. The number of nitrogens with zero attached hydrogens (tertiary/aromatic N) is 1. The van der Waals surface area contributed by atoms with Gasteiger partial charge >= 0.3 is 6.18 Å². The van der Waals surface area contributed by atoms with Gasteiger partial charge < -0.3 is 9.30 Å². The molecule has 4 aromatic rings. The zero-order valence-electron chi connectivity index (χ0n) is 19.4. The number of rotatable bonds is 9. The molecule has 9 heteroatoms. The third-order valence-electron chi connectivity index (χ3n) is 5.97. The number of methoxy groups -OCH3 is 1. The van der Waals surface area contributed by atoms with E-state index in [4.69, 9.17) is 4.74 Å². The third kappa shape index (κ3) is 5.09. The van der Waals surface area contributed by atoms with Crippen LogP contribution in [0.5, 0.6) is 0 Å². The van der Waals surface area contributed by atoms with Gasteiger partial charge in [0.1, 0.15) is 0 Å². The lowest BCUT2D eigenvalue weighted by Crippen LogP contribution is -2.46. The van der Waals surface area contributed by atoms with Crippen LogP contribution >= 0.6 is 0 Å². The Labute approximate surface area is 208 Å². The predicted octanol–water partition coefficient (Wildman–Crippen LogP) is 5.47. The molecule has 0 saturated carbocycles. The van der Waals surface area contributed by atoms with E-state index in [0.717, 1.165) is 12.7 Å². The van der Waals surface area contributed by atoms with E-state index in [2.05, 4.69) is 4.72 Å². The molecule has 0 saturated heterocycles. The van der Waals surface area contributed by atoms with E-state index in [1.807, 2.05) is 30.3 Å². The van der Waals surface area contributed by atoms with Gasteiger partial charge in [-0.15, -0.1) is 0 Å². The monoisotopic (exact) mass is 514 g/mol. The molecule has 0 radical (unpaired) electrons. The zero-order valence-corrected chi connectivity index (χ0v) is 20.3. The molecule has 1 heterocycles. The van der Waals surface area contributed by atoms with Crippen molar-refractivity contribution in [2.75, 3.05) is 7.11 Å². The van der Waals surface area contributed by atoms with Crippen molar-refractivity contribution in [1.82, 2.24) is 9.29 Å². The van der Waals surface area contributed by atoms with Crippen molar-refractivity contribution in [2.45, 2.75) is 29.8 Å². The van der Waals surface area contributed by atoms with Gasteiger partial charge in [-0.2, -0.15) is 13.2 Å².